The minimum atomic E-state index is 0.506. The lowest BCUT2D eigenvalue weighted by Crippen LogP contribution is -2.26. The van der Waals surface area contributed by atoms with Crippen LogP contribution in [0, 0.1) is 19.8 Å². The molecule has 0 aliphatic heterocycles. The highest BCUT2D eigenvalue weighted by molar-refractivity contribution is 5.38. The van der Waals surface area contributed by atoms with Gasteiger partial charge in [-0.25, -0.2) is 0 Å². The summed E-state index contributed by atoms with van der Waals surface area (Å²) in [4.78, 5) is 0. The van der Waals surface area contributed by atoms with Crippen molar-refractivity contribution in [2.75, 3.05) is 6.54 Å². The average Bonchev–Trinajstić information content (AvgIpc) is 2.81. The van der Waals surface area contributed by atoms with E-state index in [2.05, 4.69) is 68.6 Å². The van der Waals surface area contributed by atoms with Gasteiger partial charge in [-0.2, -0.15) is 0 Å². The SMILES string of the molecule is CCNC1c2ccccc2CC1Cc1cc(C)ccc1C. The highest BCUT2D eigenvalue weighted by atomic mass is 14.9. The second kappa shape index (κ2) is 6.03. The van der Waals surface area contributed by atoms with Gasteiger partial charge in [0.1, 0.15) is 0 Å². The molecule has 2 aromatic carbocycles. The van der Waals surface area contributed by atoms with E-state index in [9.17, 15) is 0 Å². The molecule has 0 saturated heterocycles. The summed E-state index contributed by atoms with van der Waals surface area (Å²) in [6, 6.07) is 16.3. The quantitative estimate of drug-likeness (QED) is 0.876. The van der Waals surface area contributed by atoms with Gasteiger partial charge in [-0.15, -0.1) is 0 Å². The molecule has 2 unspecified atom stereocenters. The summed E-state index contributed by atoms with van der Waals surface area (Å²) >= 11 is 0. The molecule has 2 atom stereocenters. The largest absolute Gasteiger partial charge is 0.310 e. The van der Waals surface area contributed by atoms with Gasteiger partial charge in [-0.05, 0) is 61.4 Å². The Morgan fingerprint density at radius 1 is 1.10 bits per heavy atom. The molecule has 1 nitrogen and oxygen atoms in total. The Kier molecular flexibility index (Phi) is 4.12. The summed E-state index contributed by atoms with van der Waals surface area (Å²) in [5, 5.41) is 3.71. The predicted octanol–water partition coefficient (Wildman–Crippen LogP) is 4.37. The van der Waals surface area contributed by atoms with Crippen LogP contribution < -0.4 is 5.32 Å². The molecule has 0 amide bonds. The topological polar surface area (TPSA) is 12.0 Å². The Morgan fingerprint density at radius 3 is 2.71 bits per heavy atom. The molecule has 1 aliphatic rings. The van der Waals surface area contributed by atoms with Crippen LogP contribution >= 0.6 is 0 Å². The van der Waals surface area contributed by atoms with E-state index in [1.54, 1.807) is 0 Å². The zero-order valence-corrected chi connectivity index (χ0v) is 13.3. The van der Waals surface area contributed by atoms with E-state index in [0.29, 0.717) is 12.0 Å². The first-order valence-corrected chi connectivity index (χ1v) is 8.06. The summed E-state index contributed by atoms with van der Waals surface area (Å²) in [7, 11) is 0. The van der Waals surface area contributed by atoms with Crippen molar-refractivity contribution in [3.05, 3.63) is 70.3 Å². The number of fused-ring (bicyclic) bond motifs is 1. The fraction of sp³-hybridized carbons (Fsp3) is 0.400. The molecule has 0 bridgehead atoms. The van der Waals surface area contributed by atoms with Gasteiger partial charge in [0.25, 0.3) is 0 Å². The standard InChI is InChI=1S/C20H25N/c1-4-21-20-18(12-16-7-5-6-8-19(16)20)13-17-11-14(2)9-10-15(17)3/h5-11,18,20-21H,4,12-13H2,1-3H3. The van der Waals surface area contributed by atoms with Gasteiger partial charge < -0.3 is 5.32 Å². The number of aryl methyl sites for hydroxylation is 2. The molecule has 0 heterocycles. The zero-order valence-electron chi connectivity index (χ0n) is 13.3. The van der Waals surface area contributed by atoms with Crippen LogP contribution in [0.15, 0.2) is 42.5 Å². The van der Waals surface area contributed by atoms with Gasteiger partial charge in [0.2, 0.25) is 0 Å². The fourth-order valence-corrected chi connectivity index (χ4v) is 3.67. The Labute approximate surface area is 128 Å². The van der Waals surface area contributed by atoms with Gasteiger partial charge in [-0.1, -0.05) is 55.0 Å². The number of hydrogen-bond acceptors (Lipinski definition) is 1. The van der Waals surface area contributed by atoms with Crippen molar-refractivity contribution in [1.82, 2.24) is 5.32 Å². The lowest BCUT2D eigenvalue weighted by molar-refractivity contribution is 0.393. The van der Waals surface area contributed by atoms with Gasteiger partial charge in [0, 0.05) is 6.04 Å². The second-order valence-electron chi connectivity index (χ2n) is 6.33. The molecule has 1 aliphatic carbocycles. The minimum absolute atomic E-state index is 0.506. The monoisotopic (exact) mass is 279 g/mol. The van der Waals surface area contributed by atoms with E-state index in [0.717, 1.165) is 6.54 Å². The van der Waals surface area contributed by atoms with Crippen LogP contribution in [-0.4, -0.2) is 6.54 Å². The molecule has 1 heteroatoms. The lowest BCUT2D eigenvalue weighted by atomic mass is 9.90. The first-order valence-electron chi connectivity index (χ1n) is 8.06. The van der Waals surface area contributed by atoms with Crippen LogP contribution in [0.5, 0.6) is 0 Å². The van der Waals surface area contributed by atoms with E-state index in [4.69, 9.17) is 0 Å². The summed E-state index contributed by atoms with van der Waals surface area (Å²) in [6.07, 6.45) is 2.36. The Balaban J connectivity index is 1.87. The van der Waals surface area contributed by atoms with Crippen molar-refractivity contribution in [2.24, 2.45) is 5.92 Å². The summed E-state index contributed by atoms with van der Waals surface area (Å²) in [5.74, 6) is 0.669. The summed E-state index contributed by atoms with van der Waals surface area (Å²) in [6.45, 7) is 7.66. The van der Waals surface area contributed by atoms with Crippen LogP contribution in [-0.2, 0) is 12.8 Å². The predicted molar refractivity (Wildman–Crippen MR) is 89.7 cm³/mol. The third kappa shape index (κ3) is 2.89. The van der Waals surface area contributed by atoms with Crippen LogP contribution in [0.3, 0.4) is 0 Å². The molecule has 0 radical (unpaired) electrons. The third-order valence-corrected chi connectivity index (χ3v) is 4.75. The Bertz CT molecular complexity index is 629. The van der Waals surface area contributed by atoms with Crippen LogP contribution in [0.4, 0.5) is 0 Å². The molecule has 0 aromatic heterocycles. The highest BCUT2D eigenvalue weighted by Crippen LogP contribution is 2.38. The van der Waals surface area contributed by atoms with E-state index in [1.165, 1.54) is 40.7 Å². The highest BCUT2D eigenvalue weighted by Gasteiger charge is 2.31. The Hall–Kier alpha value is -1.60. The van der Waals surface area contributed by atoms with E-state index < -0.39 is 0 Å². The third-order valence-electron chi connectivity index (χ3n) is 4.75. The van der Waals surface area contributed by atoms with Gasteiger partial charge in [-0.3, -0.25) is 0 Å². The smallest absolute Gasteiger partial charge is 0.0357 e. The average molecular weight is 279 g/mol. The number of rotatable bonds is 4. The zero-order chi connectivity index (χ0) is 14.8. The van der Waals surface area contributed by atoms with E-state index >= 15 is 0 Å². The first kappa shape index (κ1) is 14.3. The van der Waals surface area contributed by atoms with E-state index in [1.807, 2.05) is 0 Å². The molecule has 3 rings (SSSR count). The summed E-state index contributed by atoms with van der Waals surface area (Å²) in [5.41, 5.74) is 7.34. The van der Waals surface area contributed by atoms with Crippen molar-refractivity contribution >= 4 is 0 Å². The van der Waals surface area contributed by atoms with Crippen molar-refractivity contribution in [3.8, 4) is 0 Å². The lowest BCUT2D eigenvalue weighted by Gasteiger charge is -2.22. The number of hydrogen-bond donors (Lipinski definition) is 1. The van der Waals surface area contributed by atoms with Crippen molar-refractivity contribution in [3.63, 3.8) is 0 Å². The first-order chi connectivity index (χ1) is 10.2. The molecular formula is C20H25N. The normalized spacial score (nSPS) is 20.5. The molecule has 0 fully saturated rings. The minimum Gasteiger partial charge on any atom is -0.310 e. The molecule has 21 heavy (non-hydrogen) atoms. The maximum Gasteiger partial charge on any atom is 0.0357 e. The van der Waals surface area contributed by atoms with Crippen molar-refractivity contribution in [1.29, 1.82) is 0 Å². The molecule has 110 valence electrons. The summed E-state index contributed by atoms with van der Waals surface area (Å²) < 4.78 is 0. The number of nitrogens with one attached hydrogen (secondary N) is 1. The van der Waals surface area contributed by atoms with Crippen molar-refractivity contribution < 1.29 is 0 Å². The van der Waals surface area contributed by atoms with Gasteiger partial charge >= 0.3 is 0 Å². The molecule has 1 N–H and O–H groups in total. The van der Waals surface area contributed by atoms with E-state index in [-0.39, 0.29) is 0 Å². The number of benzene rings is 2. The van der Waals surface area contributed by atoms with Crippen LogP contribution in [0.2, 0.25) is 0 Å². The van der Waals surface area contributed by atoms with Gasteiger partial charge in [0.05, 0.1) is 0 Å². The molecule has 0 spiro atoms. The van der Waals surface area contributed by atoms with Crippen molar-refractivity contribution in [2.45, 2.75) is 39.7 Å². The maximum absolute atomic E-state index is 3.71. The van der Waals surface area contributed by atoms with Crippen LogP contribution in [0.25, 0.3) is 0 Å². The second-order valence-corrected chi connectivity index (χ2v) is 6.33. The van der Waals surface area contributed by atoms with Gasteiger partial charge in [0.15, 0.2) is 0 Å². The molecule has 2 aromatic rings. The molecule has 0 saturated carbocycles. The Morgan fingerprint density at radius 2 is 1.90 bits per heavy atom. The van der Waals surface area contributed by atoms with Crippen LogP contribution in [0.1, 0.15) is 40.8 Å². The fourth-order valence-electron chi connectivity index (χ4n) is 3.67. The maximum atomic E-state index is 3.71. The molecular weight excluding hydrogens is 254 g/mol.